The smallest absolute Gasteiger partial charge is 0.236 e. The second kappa shape index (κ2) is 6.74. The Kier molecular flexibility index (Phi) is 4.98. The van der Waals surface area contributed by atoms with Crippen molar-refractivity contribution in [1.82, 2.24) is 15.0 Å². The summed E-state index contributed by atoms with van der Waals surface area (Å²) < 4.78 is 5.31. The Labute approximate surface area is 129 Å². The molecule has 0 bridgehead atoms. The van der Waals surface area contributed by atoms with Crippen molar-refractivity contribution in [3.05, 3.63) is 41.1 Å². The molecule has 5 nitrogen and oxygen atoms in total. The van der Waals surface area contributed by atoms with Gasteiger partial charge in [0.05, 0.1) is 13.1 Å². The molecular weight excluding hydrogens is 290 g/mol. The summed E-state index contributed by atoms with van der Waals surface area (Å²) >= 11 is 5.86. The fourth-order valence-electron chi connectivity index (χ4n) is 1.84. The third kappa shape index (κ3) is 4.31. The Morgan fingerprint density at radius 1 is 1.24 bits per heavy atom. The van der Waals surface area contributed by atoms with Crippen molar-refractivity contribution in [3.8, 4) is 11.3 Å². The van der Waals surface area contributed by atoms with Crippen molar-refractivity contribution in [1.29, 1.82) is 0 Å². The van der Waals surface area contributed by atoms with Crippen LogP contribution < -0.4 is 0 Å². The van der Waals surface area contributed by atoms with Gasteiger partial charge < -0.3 is 9.42 Å². The average Bonchev–Trinajstić information content (AvgIpc) is 2.87. The first kappa shape index (κ1) is 15.5. The lowest BCUT2D eigenvalue weighted by molar-refractivity contribution is -0.129. The third-order valence-electron chi connectivity index (χ3n) is 3.03. The topological polar surface area (TPSA) is 49.6 Å². The molecule has 0 radical (unpaired) electrons. The maximum Gasteiger partial charge on any atom is 0.236 e. The van der Waals surface area contributed by atoms with Gasteiger partial charge >= 0.3 is 0 Å². The molecule has 0 atom stereocenters. The van der Waals surface area contributed by atoms with E-state index in [0.717, 1.165) is 11.3 Å². The van der Waals surface area contributed by atoms with Crippen LogP contribution in [0.4, 0.5) is 0 Å². The first-order valence-electron chi connectivity index (χ1n) is 6.56. The van der Waals surface area contributed by atoms with E-state index in [1.165, 1.54) is 0 Å². The molecule has 2 aromatic rings. The van der Waals surface area contributed by atoms with Crippen LogP contribution in [0.1, 0.15) is 5.76 Å². The summed E-state index contributed by atoms with van der Waals surface area (Å²) in [6.07, 6.45) is 0. The Morgan fingerprint density at radius 2 is 1.90 bits per heavy atom. The third-order valence-corrected chi connectivity index (χ3v) is 3.28. The summed E-state index contributed by atoms with van der Waals surface area (Å²) in [5, 5.41) is 4.73. The zero-order valence-corrected chi connectivity index (χ0v) is 13.1. The number of carbonyl (C=O) groups excluding carboxylic acids is 1. The number of rotatable bonds is 5. The minimum Gasteiger partial charge on any atom is -0.359 e. The Bertz CT molecular complexity index is 608. The van der Waals surface area contributed by atoms with E-state index >= 15 is 0 Å². The van der Waals surface area contributed by atoms with Crippen molar-refractivity contribution in [2.24, 2.45) is 0 Å². The van der Waals surface area contributed by atoms with Gasteiger partial charge in [0.1, 0.15) is 5.69 Å². The van der Waals surface area contributed by atoms with Crippen molar-refractivity contribution >= 4 is 17.5 Å². The van der Waals surface area contributed by atoms with E-state index in [1.54, 1.807) is 19.0 Å². The van der Waals surface area contributed by atoms with Crippen LogP contribution in [0.2, 0.25) is 5.02 Å². The highest BCUT2D eigenvalue weighted by Crippen LogP contribution is 2.21. The number of halogens is 1. The van der Waals surface area contributed by atoms with Crippen LogP contribution in [0.5, 0.6) is 0 Å². The minimum absolute atomic E-state index is 0.0509. The molecule has 2 rings (SSSR count). The number of hydrogen-bond donors (Lipinski definition) is 0. The van der Waals surface area contributed by atoms with Crippen molar-refractivity contribution < 1.29 is 9.32 Å². The van der Waals surface area contributed by atoms with E-state index in [0.29, 0.717) is 23.9 Å². The maximum absolute atomic E-state index is 11.6. The molecule has 1 amide bonds. The van der Waals surface area contributed by atoms with Crippen LogP contribution in [0.3, 0.4) is 0 Å². The normalized spacial score (nSPS) is 10.9. The quantitative estimate of drug-likeness (QED) is 0.851. The van der Waals surface area contributed by atoms with Gasteiger partial charge in [-0.15, -0.1) is 0 Å². The van der Waals surface area contributed by atoms with Crippen LogP contribution in [-0.2, 0) is 11.3 Å². The molecule has 1 aromatic heterocycles. The number of benzene rings is 1. The number of aromatic nitrogens is 1. The molecule has 21 heavy (non-hydrogen) atoms. The van der Waals surface area contributed by atoms with E-state index in [9.17, 15) is 4.79 Å². The molecule has 0 unspecified atom stereocenters. The molecule has 0 aliphatic heterocycles. The summed E-state index contributed by atoms with van der Waals surface area (Å²) in [6.45, 7) is 0.865. The second-order valence-electron chi connectivity index (χ2n) is 5.15. The lowest BCUT2D eigenvalue weighted by Crippen LogP contribution is -2.33. The molecule has 1 heterocycles. The first-order valence-corrected chi connectivity index (χ1v) is 6.93. The summed E-state index contributed by atoms with van der Waals surface area (Å²) in [6, 6.07) is 9.28. The molecule has 1 aromatic carbocycles. The lowest BCUT2D eigenvalue weighted by atomic mass is 10.1. The molecule has 0 saturated heterocycles. The van der Waals surface area contributed by atoms with Crippen LogP contribution in [0, 0.1) is 0 Å². The fraction of sp³-hybridized carbons (Fsp3) is 0.333. The van der Waals surface area contributed by atoms with E-state index in [4.69, 9.17) is 16.1 Å². The molecule has 6 heteroatoms. The summed E-state index contributed by atoms with van der Waals surface area (Å²) in [7, 11) is 5.35. The van der Waals surface area contributed by atoms with Gasteiger partial charge in [0, 0.05) is 30.7 Å². The van der Waals surface area contributed by atoms with E-state index in [1.807, 2.05) is 42.3 Å². The Morgan fingerprint density at radius 3 is 2.52 bits per heavy atom. The van der Waals surface area contributed by atoms with Crippen LogP contribution >= 0.6 is 11.6 Å². The highest BCUT2D eigenvalue weighted by atomic mass is 35.5. The summed E-state index contributed by atoms with van der Waals surface area (Å²) in [5.74, 6) is 0.768. The number of carbonyl (C=O) groups is 1. The second-order valence-corrected chi connectivity index (χ2v) is 5.58. The predicted molar refractivity (Wildman–Crippen MR) is 82.0 cm³/mol. The van der Waals surface area contributed by atoms with Gasteiger partial charge in [-0.3, -0.25) is 9.69 Å². The van der Waals surface area contributed by atoms with Gasteiger partial charge in [-0.05, 0) is 19.2 Å². The molecule has 0 spiro atoms. The van der Waals surface area contributed by atoms with Gasteiger partial charge in [0.15, 0.2) is 5.76 Å². The van der Waals surface area contributed by atoms with Crippen molar-refractivity contribution in [2.45, 2.75) is 6.54 Å². The highest BCUT2D eigenvalue weighted by molar-refractivity contribution is 6.30. The largest absolute Gasteiger partial charge is 0.359 e. The zero-order chi connectivity index (χ0) is 15.4. The number of amides is 1. The Balaban J connectivity index is 2.00. The zero-order valence-electron chi connectivity index (χ0n) is 12.3. The minimum atomic E-state index is 0.0509. The SMILES string of the molecule is CN(CC(=O)N(C)C)Cc1cc(-c2ccc(Cl)cc2)no1. The molecule has 0 aliphatic rings. The summed E-state index contributed by atoms with van der Waals surface area (Å²) in [4.78, 5) is 15.1. The van der Waals surface area contributed by atoms with E-state index < -0.39 is 0 Å². The van der Waals surface area contributed by atoms with Crippen LogP contribution in [0.15, 0.2) is 34.9 Å². The highest BCUT2D eigenvalue weighted by Gasteiger charge is 2.12. The maximum atomic E-state index is 11.6. The molecular formula is C15H18ClN3O2. The predicted octanol–water partition coefficient (Wildman–Crippen LogP) is 2.52. The molecule has 0 aliphatic carbocycles. The first-order chi connectivity index (χ1) is 9.95. The lowest BCUT2D eigenvalue weighted by Gasteiger charge is -2.17. The van der Waals surface area contributed by atoms with Gasteiger partial charge in [0.2, 0.25) is 5.91 Å². The monoisotopic (exact) mass is 307 g/mol. The van der Waals surface area contributed by atoms with Crippen LogP contribution in [-0.4, -0.2) is 48.6 Å². The van der Waals surface area contributed by atoms with Gasteiger partial charge in [-0.2, -0.15) is 0 Å². The number of hydrogen-bond acceptors (Lipinski definition) is 4. The molecule has 0 fully saturated rings. The molecule has 112 valence electrons. The van der Waals surface area contributed by atoms with Gasteiger partial charge in [-0.25, -0.2) is 0 Å². The van der Waals surface area contributed by atoms with Crippen molar-refractivity contribution in [3.63, 3.8) is 0 Å². The van der Waals surface area contributed by atoms with E-state index in [2.05, 4.69) is 5.16 Å². The summed E-state index contributed by atoms with van der Waals surface area (Å²) in [5.41, 5.74) is 1.70. The van der Waals surface area contributed by atoms with Gasteiger partial charge in [0.25, 0.3) is 0 Å². The molecule has 0 saturated carbocycles. The molecule has 0 N–H and O–H groups in total. The number of nitrogens with zero attached hydrogens (tertiary/aromatic N) is 3. The fourth-order valence-corrected chi connectivity index (χ4v) is 1.96. The average molecular weight is 308 g/mol. The number of likely N-dealkylation sites (N-methyl/N-ethyl adjacent to an activating group) is 2. The van der Waals surface area contributed by atoms with Crippen molar-refractivity contribution in [2.75, 3.05) is 27.7 Å². The van der Waals surface area contributed by atoms with Crippen LogP contribution in [0.25, 0.3) is 11.3 Å². The van der Waals surface area contributed by atoms with E-state index in [-0.39, 0.29) is 5.91 Å². The standard InChI is InChI=1S/C15H18ClN3O2/c1-18(2)15(20)10-19(3)9-13-8-14(17-21-13)11-4-6-12(16)7-5-11/h4-8H,9-10H2,1-3H3. The Hall–Kier alpha value is -1.85. The van der Waals surface area contributed by atoms with Gasteiger partial charge in [-0.1, -0.05) is 28.9 Å².